The Morgan fingerprint density at radius 2 is 1.71 bits per heavy atom. The molecule has 0 N–H and O–H groups in total. The fraction of sp³-hybridized carbons (Fsp3) is 0.188. The van der Waals surface area contributed by atoms with Crippen LogP contribution < -0.4 is 24.0 Å². The number of aliphatic imine (C=N–C) groups is 1. The van der Waals surface area contributed by atoms with Crippen molar-refractivity contribution in [3.8, 4) is 0 Å². The van der Waals surface area contributed by atoms with E-state index in [-0.39, 0.29) is 53.1 Å². The maximum atomic E-state index is 11.4. The van der Waals surface area contributed by atoms with Gasteiger partial charge in [-0.15, -0.1) is 5.69 Å². The minimum atomic E-state index is -3.48. The number of rotatable bonds is 4. The van der Waals surface area contributed by atoms with E-state index in [4.69, 9.17) is 4.74 Å². The van der Waals surface area contributed by atoms with Crippen LogP contribution in [0.5, 0.6) is 0 Å². The van der Waals surface area contributed by atoms with Crippen molar-refractivity contribution in [2.45, 2.75) is 6.04 Å². The molecule has 0 radical (unpaired) electrons. The van der Waals surface area contributed by atoms with Gasteiger partial charge in [0.25, 0.3) is 0 Å². The summed E-state index contributed by atoms with van der Waals surface area (Å²) in [5.74, 6) is 0.428. The number of ether oxygens (including phenoxy) is 1. The van der Waals surface area contributed by atoms with Crippen molar-refractivity contribution in [2.75, 3.05) is 12.9 Å². The summed E-state index contributed by atoms with van der Waals surface area (Å²) in [5, 5.41) is 0. The molecule has 24 heavy (non-hydrogen) atoms. The molecule has 0 saturated carbocycles. The van der Waals surface area contributed by atoms with Gasteiger partial charge in [-0.25, -0.2) is 13.4 Å². The summed E-state index contributed by atoms with van der Waals surface area (Å²) in [6.07, 6.45) is 1.06. The summed E-state index contributed by atoms with van der Waals surface area (Å²) in [4.78, 5) is 4.56. The third-order valence-electron chi connectivity index (χ3n) is 3.23. The first-order valence-corrected chi connectivity index (χ1v) is 8.66. The maximum absolute atomic E-state index is 11.4. The molecule has 0 fully saturated rings. The molecule has 1 aliphatic rings. The zero-order chi connectivity index (χ0) is 15.6. The molecule has 2 aromatic carbocycles. The first-order valence-electron chi connectivity index (χ1n) is 6.81. The Hall–Kier alpha value is -0.844. The van der Waals surface area contributed by atoms with E-state index in [0.29, 0.717) is 23.8 Å². The normalized spacial score (nSPS) is 16.2. The van der Waals surface area contributed by atoms with E-state index in [9.17, 15) is 8.42 Å². The Bertz CT molecular complexity index is 813. The van der Waals surface area contributed by atoms with E-state index in [1.807, 2.05) is 30.3 Å². The molecule has 0 spiro atoms. The fourth-order valence-corrected chi connectivity index (χ4v) is 2.80. The van der Waals surface area contributed by atoms with Crippen molar-refractivity contribution in [1.82, 2.24) is 0 Å². The summed E-state index contributed by atoms with van der Waals surface area (Å²) < 4.78 is 32.2. The van der Waals surface area contributed by atoms with Crippen LogP contribution in [0.3, 0.4) is 0 Å². The van der Waals surface area contributed by atoms with Gasteiger partial charge in [-0.3, -0.25) is 0 Å². The number of sulfonamides is 1. The number of hydrogen-bond donors (Lipinski definition) is 0. The minimum Gasteiger partial charge on any atom is -1.00 e. The zero-order valence-corrected chi connectivity index (χ0v) is 17.5. The van der Waals surface area contributed by atoms with Crippen molar-refractivity contribution < 1.29 is 37.1 Å². The van der Waals surface area contributed by atoms with Crippen molar-refractivity contribution in [2.24, 2.45) is 4.99 Å². The van der Waals surface area contributed by atoms with Crippen LogP contribution in [0.2, 0.25) is 0 Å². The average Bonchev–Trinajstić information content (AvgIpc) is 2.97. The molecule has 0 unspecified atom stereocenters. The van der Waals surface area contributed by atoms with Gasteiger partial charge in [-0.2, -0.15) is 0 Å². The Morgan fingerprint density at radius 3 is 2.38 bits per heavy atom. The molecule has 3 rings (SSSR count). The van der Waals surface area contributed by atoms with Gasteiger partial charge in [-0.1, -0.05) is 54.6 Å². The summed E-state index contributed by atoms with van der Waals surface area (Å²) in [7, 11) is -3.48. The molecular formula is C16H15IMgN2O3S. The number of halogens is 1. The van der Waals surface area contributed by atoms with Crippen molar-refractivity contribution in [3.05, 3.63) is 70.4 Å². The first kappa shape index (κ1) is 21.2. The van der Waals surface area contributed by atoms with Crippen LogP contribution in [-0.2, 0) is 14.8 Å². The van der Waals surface area contributed by atoms with E-state index in [0.717, 1.165) is 11.8 Å². The largest absolute Gasteiger partial charge is 2.00 e. The van der Waals surface area contributed by atoms with E-state index >= 15 is 0 Å². The Labute approximate surface area is 175 Å². The SMILES string of the molecule is CS(=O)(=O)[N-]c1ccccc1C1=N[C@H](c2ccccc2)CO1.[I-].[Mg+2]. The molecule has 0 bridgehead atoms. The molecule has 0 aliphatic carbocycles. The van der Waals surface area contributed by atoms with Crippen LogP contribution >= 0.6 is 0 Å². The Kier molecular flexibility index (Phi) is 7.97. The van der Waals surface area contributed by atoms with Gasteiger partial charge in [0.15, 0.2) is 0 Å². The van der Waals surface area contributed by atoms with Crippen molar-refractivity contribution >= 4 is 44.7 Å². The molecule has 2 aromatic rings. The quantitative estimate of drug-likeness (QED) is 0.463. The molecule has 1 aliphatic heterocycles. The third kappa shape index (κ3) is 5.33. The Balaban J connectivity index is 0.00000144. The van der Waals surface area contributed by atoms with Crippen LogP contribution in [0.4, 0.5) is 5.69 Å². The van der Waals surface area contributed by atoms with Crippen LogP contribution in [-0.4, -0.2) is 50.2 Å². The van der Waals surface area contributed by atoms with E-state index in [2.05, 4.69) is 9.71 Å². The predicted molar refractivity (Wildman–Crippen MR) is 91.7 cm³/mol. The average molecular weight is 467 g/mol. The van der Waals surface area contributed by atoms with E-state index < -0.39 is 10.0 Å². The second kappa shape index (κ2) is 9.02. The summed E-state index contributed by atoms with van der Waals surface area (Å²) in [6.45, 7) is 0.437. The Morgan fingerprint density at radius 1 is 1.08 bits per heavy atom. The number of benzene rings is 2. The third-order valence-corrected chi connectivity index (χ3v) is 3.76. The van der Waals surface area contributed by atoms with Crippen LogP contribution in [0, 0.1) is 0 Å². The monoisotopic (exact) mass is 466 g/mol. The van der Waals surface area contributed by atoms with Crippen molar-refractivity contribution in [1.29, 1.82) is 0 Å². The zero-order valence-electron chi connectivity index (χ0n) is 13.1. The van der Waals surface area contributed by atoms with Crippen LogP contribution in [0.25, 0.3) is 4.72 Å². The maximum Gasteiger partial charge on any atom is 2.00 e. The number of hydrogen-bond acceptors (Lipinski definition) is 4. The minimum absolute atomic E-state index is 0. The molecule has 0 aromatic heterocycles. The van der Waals surface area contributed by atoms with Crippen LogP contribution in [0.1, 0.15) is 17.2 Å². The smallest absolute Gasteiger partial charge is 1.00 e. The second-order valence-electron chi connectivity index (χ2n) is 5.01. The van der Waals surface area contributed by atoms with Gasteiger partial charge in [0.2, 0.25) is 5.90 Å². The summed E-state index contributed by atoms with van der Waals surface area (Å²) >= 11 is 0. The van der Waals surface area contributed by atoms with Gasteiger partial charge < -0.3 is 33.4 Å². The molecule has 8 heteroatoms. The standard InChI is InChI=1S/C16H15N2O3S.HI.Mg/c1-22(19,20)18-14-10-6-5-9-13(14)16-17-15(11-21-16)12-7-3-2-4-8-12;;/h2-10,15H,11H2,1H3;1H;/q-1;;+2/p-1/t15-;;/m0../s1. The van der Waals surface area contributed by atoms with Gasteiger partial charge in [0.1, 0.15) is 12.6 Å². The van der Waals surface area contributed by atoms with Gasteiger partial charge >= 0.3 is 23.1 Å². The number of nitrogens with zero attached hydrogens (tertiary/aromatic N) is 2. The molecule has 0 amide bonds. The molecular weight excluding hydrogens is 451 g/mol. The fourth-order valence-electron chi connectivity index (χ4n) is 2.28. The first-order chi connectivity index (χ1) is 10.5. The van der Waals surface area contributed by atoms with Gasteiger partial charge in [0, 0.05) is 11.8 Å². The van der Waals surface area contributed by atoms with E-state index in [1.54, 1.807) is 24.3 Å². The van der Waals surface area contributed by atoms with Gasteiger partial charge in [-0.05, 0) is 5.56 Å². The molecule has 1 atom stereocenters. The van der Waals surface area contributed by atoms with Crippen LogP contribution in [0.15, 0.2) is 59.6 Å². The van der Waals surface area contributed by atoms with E-state index in [1.165, 1.54) is 0 Å². The second-order valence-corrected chi connectivity index (χ2v) is 6.66. The summed E-state index contributed by atoms with van der Waals surface area (Å²) in [6, 6.07) is 16.7. The molecule has 0 saturated heterocycles. The molecule has 5 nitrogen and oxygen atoms in total. The molecule has 1 heterocycles. The topological polar surface area (TPSA) is 69.8 Å². The predicted octanol–water partition coefficient (Wildman–Crippen LogP) is -0.207. The van der Waals surface area contributed by atoms with Gasteiger partial charge in [0.05, 0.1) is 10.0 Å². The molecule has 122 valence electrons. The summed E-state index contributed by atoms with van der Waals surface area (Å²) in [5.41, 5.74) is 2.00. The van der Waals surface area contributed by atoms with Crippen molar-refractivity contribution in [3.63, 3.8) is 0 Å².